The third-order valence-corrected chi connectivity index (χ3v) is 5.39. The van der Waals surface area contributed by atoms with Gasteiger partial charge in [-0.3, -0.25) is 4.79 Å². The summed E-state index contributed by atoms with van der Waals surface area (Å²) in [6.07, 6.45) is 5.48. The molecular formula is C19H24ClNO3. The summed E-state index contributed by atoms with van der Waals surface area (Å²) in [6.45, 7) is 5.38. The highest BCUT2D eigenvalue weighted by Crippen LogP contribution is 2.32. The lowest BCUT2D eigenvalue weighted by molar-refractivity contribution is -0.131. The fourth-order valence-electron chi connectivity index (χ4n) is 3.39. The number of rotatable bonds is 4. The number of ether oxygens (including phenoxy) is 1. The Labute approximate surface area is 147 Å². The molecule has 1 fully saturated rings. The van der Waals surface area contributed by atoms with Crippen molar-refractivity contribution in [2.24, 2.45) is 0 Å². The maximum absolute atomic E-state index is 12.6. The highest BCUT2D eigenvalue weighted by molar-refractivity contribution is 6.33. The fourth-order valence-corrected chi connectivity index (χ4v) is 3.54. The number of carbonyl (C=O) groups is 1. The molecule has 0 radical (unpaired) electrons. The van der Waals surface area contributed by atoms with Crippen LogP contribution in [0.4, 0.5) is 0 Å². The SMILES string of the molecule is Cc1cc2occ(CC(=O)N(C)C[C@@H]3CCCCO3)c2c(C)c1Cl. The number of likely N-dealkylation sites (N-methyl/N-ethyl adjacent to an activating group) is 1. The van der Waals surface area contributed by atoms with Crippen molar-refractivity contribution >= 4 is 28.5 Å². The number of halogens is 1. The second-order valence-corrected chi connectivity index (χ2v) is 7.08. The Morgan fingerprint density at radius 3 is 2.88 bits per heavy atom. The molecule has 1 saturated heterocycles. The molecule has 5 heteroatoms. The van der Waals surface area contributed by atoms with Crippen molar-refractivity contribution < 1.29 is 13.9 Å². The van der Waals surface area contributed by atoms with Crippen molar-refractivity contribution in [2.75, 3.05) is 20.2 Å². The van der Waals surface area contributed by atoms with Crippen LogP contribution in [0.2, 0.25) is 5.02 Å². The molecule has 2 heterocycles. The standard InChI is InChI=1S/C19H24ClNO3/c1-12-8-16-18(13(2)19(12)20)14(11-24-16)9-17(22)21(3)10-15-6-4-5-7-23-15/h8,11,15H,4-7,9-10H2,1-3H3/t15-/m0/s1. The summed E-state index contributed by atoms with van der Waals surface area (Å²) >= 11 is 6.36. The number of aryl methyl sites for hydroxylation is 2. The minimum absolute atomic E-state index is 0.0722. The number of fused-ring (bicyclic) bond motifs is 1. The molecule has 1 aromatic carbocycles. The van der Waals surface area contributed by atoms with Gasteiger partial charge in [-0.25, -0.2) is 0 Å². The van der Waals surface area contributed by atoms with Gasteiger partial charge in [0.25, 0.3) is 0 Å². The quantitative estimate of drug-likeness (QED) is 0.827. The number of benzene rings is 1. The Bertz CT molecular complexity index is 747. The van der Waals surface area contributed by atoms with E-state index in [9.17, 15) is 4.79 Å². The smallest absolute Gasteiger partial charge is 0.226 e. The van der Waals surface area contributed by atoms with Crippen LogP contribution in [0.25, 0.3) is 11.0 Å². The molecule has 1 aromatic heterocycles. The van der Waals surface area contributed by atoms with Crippen LogP contribution in [0.3, 0.4) is 0 Å². The minimum atomic E-state index is 0.0722. The van der Waals surface area contributed by atoms with Gasteiger partial charge in [-0.2, -0.15) is 0 Å². The molecule has 0 bridgehead atoms. The van der Waals surface area contributed by atoms with Crippen LogP contribution in [0.5, 0.6) is 0 Å². The molecule has 1 aliphatic rings. The Hall–Kier alpha value is -1.52. The lowest BCUT2D eigenvalue weighted by atomic mass is 10.0. The van der Waals surface area contributed by atoms with Gasteiger partial charge in [0.05, 0.1) is 18.8 Å². The number of furan rings is 1. The largest absolute Gasteiger partial charge is 0.464 e. The number of nitrogens with zero attached hydrogens (tertiary/aromatic N) is 1. The summed E-state index contributed by atoms with van der Waals surface area (Å²) in [5.74, 6) is 0.0722. The lowest BCUT2D eigenvalue weighted by Crippen LogP contribution is -2.37. The monoisotopic (exact) mass is 349 g/mol. The van der Waals surface area contributed by atoms with Gasteiger partial charge in [0.15, 0.2) is 0 Å². The van der Waals surface area contributed by atoms with Gasteiger partial charge in [0.1, 0.15) is 5.58 Å². The number of amides is 1. The van der Waals surface area contributed by atoms with Gasteiger partial charge >= 0.3 is 0 Å². The zero-order chi connectivity index (χ0) is 17.3. The Morgan fingerprint density at radius 2 is 2.17 bits per heavy atom. The van der Waals surface area contributed by atoms with E-state index in [-0.39, 0.29) is 12.0 Å². The highest BCUT2D eigenvalue weighted by Gasteiger charge is 2.21. The van der Waals surface area contributed by atoms with Crippen molar-refractivity contribution in [3.05, 3.63) is 34.0 Å². The first kappa shape index (κ1) is 17.3. The average Bonchev–Trinajstić information content (AvgIpc) is 2.96. The fraction of sp³-hybridized carbons (Fsp3) is 0.526. The van der Waals surface area contributed by atoms with E-state index < -0.39 is 0 Å². The summed E-state index contributed by atoms with van der Waals surface area (Å²) in [7, 11) is 1.84. The molecule has 1 aliphatic heterocycles. The topological polar surface area (TPSA) is 42.7 Å². The molecule has 1 atom stereocenters. The molecular weight excluding hydrogens is 326 g/mol. The van der Waals surface area contributed by atoms with Gasteiger partial charge in [-0.1, -0.05) is 11.6 Å². The molecule has 24 heavy (non-hydrogen) atoms. The number of hydrogen-bond donors (Lipinski definition) is 0. The summed E-state index contributed by atoms with van der Waals surface area (Å²) in [5, 5.41) is 1.70. The molecule has 0 unspecified atom stereocenters. The van der Waals surface area contributed by atoms with E-state index in [1.54, 1.807) is 11.2 Å². The second kappa shape index (κ2) is 7.16. The molecule has 0 spiro atoms. The lowest BCUT2D eigenvalue weighted by Gasteiger charge is -2.27. The first-order chi connectivity index (χ1) is 11.5. The van der Waals surface area contributed by atoms with E-state index in [4.69, 9.17) is 20.8 Å². The molecule has 0 N–H and O–H groups in total. The number of carbonyl (C=O) groups excluding carboxylic acids is 1. The van der Waals surface area contributed by atoms with Crippen molar-refractivity contribution in [3.8, 4) is 0 Å². The van der Waals surface area contributed by atoms with Crippen molar-refractivity contribution in [2.45, 2.75) is 45.6 Å². The Kier molecular flexibility index (Phi) is 5.16. The van der Waals surface area contributed by atoms with Gasteiger partial charge in [-0.15, -0.1) is 0 Å². The van der Waals surface area contributed by atoms with Crippen molar-refractivity contribution in [1.29, 1.82) is 0 Å². The van der Waals surface area contributed by atoms with E-state index in [0.717, 1.165) is 52.1 Å². The van der Waals surface area contributed by atoms with Gasteiger partial charge in [-0.05, 0) is 50.3 Å². The Balaban J connectivity index is 1.74. The first-order valence-corrected chi connectivity index (χ1v) is 8.86. The second-order valence-electron chi connectivity index (χ2n) is 6.71. The van der Waals surface area contributed by atoms with Crippen LogP contribution < -0.4 is 0 Å². The first-order valence-electron chi connectivity index (χ1n) is 8.48. The molecule has 0 aliphatic carbocycles. The molecule has 1 amide bonds. The highest BCUT2D eigenvalue weighted by atomic mass is 35.5. The van der Waals surface area contributed by atoms with Gasteiger partial charge in [0, 0.05) is 36.2 Å². The third kappa shape index (κ3) is 3.45. The zero-order valence-electron chi connectivity index (χ0n) is 14.5. The van der Waals surface area contributed by atoms with Crippen LogP contribution in [0.15, 0.2) is 16.7 Å². The molecule has 3 rings (SSSR count). The molecule has 130 valence electrons. The van der Waals surface area contributed by atoms with Crippen molar-refractivity contribution in [3.63, 3.8) is 0 Å². The number of hydrogen-bond acceptors (Lipinski definition) is 3. The van der Waals surface area contributed by atoms with Crippen molar-refractivity contribution in [1.82, 2.24) is 4.90 Å². The summed E-state index contributed by atoms with van der Waals surface area (Å²) < 4.78 is 11.4. The van der Waals surface area contributed by atoms with Crippen LogP contribution >= 0.6 is 11.6 Å². The summed E-state index contributed by atoms with van der Waals surface area (Å²) in [6, 6.07) is 1.93. The maximum Gasteiger partial charge on any atom is 0.226 e. The summed E-state index contributed by atoms with van der Waals surface area (Å²) in [4.78, 5) is 14.4. The maximum atomic E-state index is 12.6. The van der Waals surface area contributed by atoms with Gasteiger partial charge in [0.2, 0.25) is 5.91 Å². The molecule has 2 aromatic rings. The van der Waals surface area contributed by atoms with E-state index in [2.05, 4.69) is 0 Å². The van der Waals surface area contributed by atoms with E-state index in [0.29, 0.717) is 13.0 Å². The van der Waals surface area contributed by atoms with Gasteiger partial charge < -0.3 is 14.1 Å². The van der Waals surface area contributed by atoms with Crippen LogP contribution in [-0.4, -0.2) is 37.1 Å². The molecule has 4 nitrogen and oxygen atoms in total. The zero-order valence-corrected chi connectivity index (χ0v) is 15.3. The third-order valence-electron chi connectivity index (χ3n) is 4.81. The summed E-state index contributed by atoms with van der Waals surface area (Å²) in [5.41, 5.74) is 3.64. The minimum Gasteiger partial charge on any atom is -0.464 e. The normalized spacial score (nSPS) is 18.1. The predicted octanol–water partition coefficient (Wildman–Crippen LogP) is 4.27. The molecule has 0 saturated carbocycles. The van der Waals surface area contributed by atoms with E-state index in [1.807, 2.05) is 27.0 Å². The van der Waals surface area contributed by atoms with Crippen LogP contribution in [0, 0.1) is 13.8 Å². The van der Waals surface area contributed by atoms with E-state index >= 15 is 0 Å². The van der Waals surface area contributed by atoms with Crippen LogP contribution in [0.1, 0.15) is 36.0 Å². The van der Waals surface area contributed by atoms with Crippen LogP contribution in [-0.2, 0) is 16.0 Å². The predicted molar refractivity (Wildman–Crippen MR) is 95.6 cm³/mol. The van der Waals surface area contributed by atoms with E-state index in [1.165, 1.54) is 6.42 Å². The Morgan fingerprint density at radius 1 is 1.38 bits per heavy atom. The average molecular weight is 350 g/mol.